The van der Waals surface area contributed by atoms with Crippen LogP contribution in [-0.4, -0.2) is 29.6 Å². The molecule has 0 heterocycles. The molecule has 3 N–H and O–H groups in total. The highest BCUT2D eigenvalue weighted by Gasteiger charge is 2.30. The Morgan fingerprint density at radius 2 is 1.88 bits per heavy atom. The SMILES string of the molecule is O=C(NC[C@H]1CCCC[C@H]1O)C(=O)Nc1cccc(C(F)(F)F)c1. The minimum absolute atomic E-state index is 0.107. The first-order valence-corrected chi connectivity index (χ1v) is 7.72. The van der Waals surface area contributed by atoms with Gasteiger partial charge in [0.15, 0.2) is 0 Å². The monoisotopic (exact) mass is 344 g/mol. The molecule has 0 aliphatic heterocycles. The van der Waals surface area contributed by atoms with Gasteiger partial charge in [-0.05, 0) is 31.0 Å². The molecule has 0 radical (unpaired) electrons. The number of hydrogen-bond acceptors (Lipinski definition) is 3. The summed E-state index contributed by atoms with van der Waals surface area (Å²) in [7, 11) is 0. The summed E-state index contributed by atoms with van der Waals surface area (Å²) in [6.45, 7) is 0.163. The van der Waals surface area contributed by atoms with Crippen molar-refractivity contribution in [1.29, 1.82) is 0 Å². The van der Waals surface area contributed by atoms with E-state index in [0.717, 1.165) is 37.5 Å². The van der Waals surface area contributed by atoms with Gasteiger partial charge >= 0.3 is 18.0 Å². The number of carbonyl (C=O) groups is 2. The molecule has 2 amide bonds. The van der Waals surface area contributed by atoms with E-state index in [9.17, 15) is 27.9 Å². The smallest absolute Gasteiger partial charge is 0.393 e. The van der Waals surface area contributed by atoms with E-state index in [-0.39, 0.29) is 18.2 Å². The number of carbonyl (C=O) groups excluding carboxylic acids is 2. The van der Waals surface area contributed by atoms with E-state index >= 15 is 0 Å². The highest BCUT2D eigenvalue weighted by molar-refractivity contribution is 6.39. The third-order valence-corrected chi connectivity index (χ3v) is 4.05. The molecule has 0 bridgehead atoms. The van der Waals surface area contributed by atoms with E-state index < -0.39 is 29.7 Å². The second kappa shape index (κ2) is 7.65. The van der Waals surface area contributed by atoms with Crippen LogP contribution in [0, 0.1) is 5.92 Å². The van der Waals surface area contributed by atoms with E-state index in [1.54, 1.807) is 0 Å². The van der Waals surface area contributed by atoms with Crippen LogP contribution in [0.3, 0.4) is 0 Å². The largest absolute Gasteiger partial charge is 0.416 e. The number of hydrogen-bond donors (Lipinski definition) is 3. The maximum atomic E-state index is 12.6. The van der Waals surface area contributed by atoms with Gasteiger partial charge in [-0.25, -0.2) is 0 Å². The zero-order valence-electron chi connectivity index (χ0n) is 12.9. The Bertz CT molecular complexity index is 604. The summed E-state index contributed by atoms with van der Waals surface area (Å²) in [5, 5.41) is 14.4. The summed E-state index contributed by atoms with van der Waals surface area (Å²) >= 11 is 0. The Morgan fingerprint density at radius 1 is 1.17 bits per heavy atom. The lowest BCUT2D eigenvalue weighted by atomic mass is 9.86. The van der Waals surface area contributed by atoms with E-state index in [0.29, 0.717) is 6.42 Å². The lowest BCUT2D eigenvalue weighted by molar-refractivity contribution is -0.137. The van der Waals surface area contributed by atoms with E-state index in [2.05, 4.69) is 10.6 Å². The highest BCUT2D eigenvalue weighted by atomic mass is 19.4. The number of amides is 2. The number of alkyl halides is 3. The predicted octanol–water partition coefficient (Wildman–Crippen LogP) is 2.31. The molecule has 5 nitrogen and oxygen atoms in total. The fourth-order valence-corrected chi connectivity index (χ4v) is 2.69. The van der Waals surface area contributed by atoms with Gasteiger partial charge in [-0.15, -0.1) is 0 Å². The molecule has 24 heavy (non-hydrogen) atoms. The lowest BCUT2D eigenvalue weighted by Gasteiger charge is -2.27. The Kier molecular flexibility index (Phi) is 5.82. The summed E-state index contributed by atoms with van der Waals surface area (Å²) in [6, 6.07) is 4.05. The molecule has 1 aromatic rings. The maximum Gasteiger partial charge on any atom is 0.416 e. The zero-order chi connectivity index (χ0) is 17.7. The molecule has 0 unspecified atom stereocenters. The number of aliphatic hydroxyl groups excluding tert-OH is 1. The predicted molar refractivity (Wildman–Crippen MR) is 81.0 cm³/mol. The molecule has 0 spiro atoms. The number of aliphatic hydroxyl groups is 1. The van der Waals surface area contributed by atoms with Crippen LogP contribution in [0.5, 0.6) is 0 Å². The van der Waals surface area contributed by atoms with E-state index in [4.69, 9.17) is 0 Å². The average molecular weight is 344 g/mol. The second-order valence-corrected chi connectivity index (χ2v) is 5.85. The quantitative estimate of drug-likeness (QED) is 0.737. The van der Waals surface area contributed by atoms with Crippen molar-refractivity contribution in [2.75, 3.05) is 11.9 Å². The molecule has 1 saturated carbocycles. The van der Waals surface area contributed by atoms with Gasteiger partial charge in [0.25, 0.3) is 0 Å². The first-order chi connectivity index (χ1) is 11.3. The Balaban J connectivity index is 1.88. The Labute approximate surface area is 137 Å². The van der Waals surface area contributed by atoms with Gasteiger partial charge in [0.1, 0.15) is 0 Å². The van der Waals surface area contributed by atoms with Crippen LogP contribution >= 0.6 is 0 Å². The van der Waals surface area contributed by atoms with Crippen LogP contribution in [-0.2, 0) is 15.8 Å². The number of nitrogens with one attached hydrogen (secondary N) is 2. The normalized spacial score (nSPS) is 21.2. The van der Waals surface area contributed by atoms with Crippen molar-refractivity contribution < 1.29 is 27.9 Å². The van der Waals surface area contributed by atoms with E-state index in [1.165, 1.54) is 6.07 Å². The molecule has 8 heteroatoms. The summed E-state index contributed by atoms with van der Waals surface area (Å²) < 4.78 is 37.8. The Hall–Kier alpha value is -2.09. The van der Waals surface area contributed by atoms with Crippen LogP contribution in [0.2, 0.25) is 0 Å². The molecular formula is C16H19F3N2O3. The van der Waals surface area contributed by atoms with Gasteiger partial charge in [-0.1, -0.05) is 18.9 Å². The third-order valence-electron chi connectivity index (χ3n) is 4.05. The minimum atomic E-state index is -4.53. The van der Waals surface area contributed by atoms with Crippen LogP contribution in [0.1, 0.15) is 31.2 Å². The number of rotatable bonds is 3. The first kappa shape index (κ1) is 18.3. The van der Waals surface area contributed by atoms with Crippen LogP contribution < -0.4 is 10.6 Å². The number of benzene rings is 1. The molecule has 1 fully saturated rings. The zero-order valence-corrected chi connectivity index (χ0v) is 12.9. The fourth-order valence-electron chi connectivity index (χ4n) is 2.69. The minimum Gasteiger partial charge on any atom is -0.393 e. The van der Waals surface area contributed by atoms with Crippen molar-refractivity contribution in [3.05, 3.63) is 29.8 Å². The highest BCUT2D eigenvalue weighted by Crippen LogP contribution is 2.30. The molecule has 2 atom stereocenters. The van der Waals surface area contributed by atoms with E-state index in [1.807, 2.05) is 0 Å². The Morgan fingerprint density at radius 3 is 2.54 bits per heavy atom. The number of halogens is 3. The lowest BCUT2D eigenvalue weighted by Crippen LogP contribution is -2.41. The van der Waals surface area contributed by atoms with Crippen molar-refractivity contribution in [2.45, 2.75) is 38.0 Å². The molecule has 132 valence electrons. The van der Waals surface area contributed by atoms with Crippen molar-refractivity contribution in [3.8, 4) is 0 Å². The third kappa shape index (κ3) is 4.95. The maximum absolute atomic E-state index is 12.6. The van der Waals surface area contributed by atoms with Gasteiger partial charge in [0.2, 0.25) is 0 Å². The summed E-state index contributed by atoms with van der Waals surface area (Å²) in [6.07, 6.45) is -1.73. The molecular weight excluding hydrogens is 325 g/mol. The molecule has 2 rings (SSSR count). The van der Waals surface area contributed by atoms with Gasteiger partial charge in [0, 0.05) is 18.2 Å². The average Bonchev–Trinajstić information content (AvgIpc) is 2.53. The molecule has 1 aliphatic rings. The van der Waals surface area contributed by atoms with Gasteiger partial charge in [-0.2, -0.15) is 13.2 Å². The van der Waals surface area contributed by atoms with Gasteiger partial charge < -0.3 is 15.7 Å². The summed E-state index contributed by atoms with van der Waals surface area (Å²) in [4.78, 5) is 23.5. The standard InChI is InChI=1S/C16H19F3N2O3/c17-16(18,19)11-5-3-6-12(8-11)21-15(24)14(23)20-9-10-4-1-2-7-13(10)22/h3,5-6,8,10,13,22H,1-2,4,7,9H2,(H,20,23)(H,21,24)/t10-,13-/m1/s1. The second-order valence-electron chi connectivity index (χ2n) is 5.85. The van der Waals surface area contributed by atoms with Crippen LogP contribution in [0.15, 0.2) is 24.3 Å². The van der Waals surface area contributed by atoms with Crippen molar-refractivity contribution in [3.63, 3.8) is 0 Å². The molecule has 1 aliphatic carbocycles. The van der Waals surface area contributed by atoms with Crippen LogP contribution in [0.25, 0.3) is 0 Å². The fraction of sp³-hybridized carbons (Fsp3) is 0.500. The van der Waals surface area contributed by atoms with Crippen LogP contribution in [0.4, 0.5) is 18.9 Å². The summed E-state index contributed by atoms with van der Waals surface area (Å²) in [5.41, 5.74) is -1.02. The van der Waals surface area contributed by atoms with Crippen molar-refractivity contribution >= 4 is 17.5 Å². The summed E-state index contributed by atoms with van der Waals surface area (Å²) in [5.74, 6) is -2.09. The first-order valence-electron chi connectivity index (χ1n) is 7.72. The van der Waals surface area contributed by atoms with Gasteiger partial charge in [0.05, 0.1) is 11.7 Å². The molecule has 1 aromatic carbocycles. The molecule has 0 aromatic heterocycles. The van der Waals surface area contributed by atoms with Gasteiger partial charge in [-0.3, -0.25) is 9.59 Å². The topological polar surface area (TPSA) is 78.4 Å². The molecule has 0 saturated heterocycles. The number of anilines is 1. The van der Waals surface area contributed by atoms with Crippen molar-refractivity contribution in [1.82, 2.24) is 5.32 Å². The van der Waals surface area contributed by atoms with Crippen molar-refractivity contribution in [2.24, 2.45) is 5.92 Å².